The number of carbonyl (C=O) groups is 1. The molecule has 0 fully saturated rings. The largest absolute Gasteiger partial charge is 0.497 e. The Kier molecular flexibility index (Phi) is 4.95. The van der Waals surface area contributed by atoms with Gasteiger partial charge in [-0.25, -0.2) is 9.37 Å². The Balaban J connectivity index is 1.68. The van der Waals surface area contributed by atoms with Crippen LogP contribution in [0.5, 0.6) is 5.75 Å². The van der Waals surface area contributed by atoms with Crippen LogP contribution in [0.1, 0.15) is 21.6 Å². The Labute approximate surface area is 166 Å². The molecule has 0 unspecified atom stereocenters. The standard InChI is InChI=1S/C22H18FN3O3/c1-13-20-17(21(27)24-12-14-7-9-15(28-2)10-8-14)11-19(25-22(20)29-26-13)16-5-3-4-6-18(16)23/h3-11H,12H2,1-2H3,(H,24,27). The van der Waals surface area contributed by atoms with Crippen LogP contribution in [0.3, 0.4) is 0 Å². The minimum Gasteiger partial charge on any atom is -0.497 e. The van der Waals surface area contributed by atoms with Crippen LogP contribution in [-0.4, -0.2) is 23.2 Å². The maximum atomic E-state index is 14.2. The number of rotatable bonds is 5. The molecule has 0 saturated carbocycles. The van der Waals surface area contributed by atoms with Crippen LogP contribution in [0.15, 0.2) is 59.1 Å². The highest BCUT2D eigenvalue weighted by molar-refractivity contribution is 6.07. The number of methoxy groups -OCH3 is 1. The molecule has 6 nitrogen and oxygen atoms in total. The van der Waals surface area contributed by atoms with Crippen molar-refractivity contribution < 1.29 is 18.4 Å². The lowest BCUT2D eigenvalue weighted by atomic mass is 10.0. The number of pyridine rings is 1. The number of aryl methyl sites for hydroxylation is 1. The zero-order valence-electron chi connectivity index (χ0n) is 15.9. The molecule has 2 heterocycles. The lowest BCUT2D eigenvalue weighted by molar-refractivity contribution is 0.0952. The maximum Gasteiger partial charge on any atom is 0.259 e. The first-order valence-electron chi connectivity index (χ1n) is 9.00. The Morgan fingerprint density at radius 2 is 1.93 bits per heavy atom. The Hall–Kier alpha value is -3.74. The van der Waals surface area contributed by atoms with Crippen molar-refractivity contribution in [3.63, 3.8) is 0 Å². The van der Waals surface area contributed by atoms with Gasteiger partial charge in [0.05, 0.1) is 29.4 Å². The normalized spacial score (nSPS) is 10.9. The van der Waals surface area contributed by atoms with E-state index in [0.29, 0.717) is 28.9 Å². The molecule has 4 aromatic rings. The number of benzene rings is 2. The van der Waals surface area contributed by atoms with Gasteiger partial charge < -0.3 is 14.6 Å². The molecule has 1 N–H and O–H groups in total. The van der Waals surface area contributed by atoms with Gasteiger partial charge in [-0.15, -0.1) is 0 Å². The fourth-order valence-electron chi connectivity index (χ4n) is 3.10. The first-order chi connectivity index (χ1) is 14.1. The highest BCUT2D eigenvalue weighted by Crippen LogP contribution is 2.28. The van der Waals surface area contributed by atoms with E-state index in [4.69, 9.17) is 9.26 Å². The van der Waals surface area contributed by atoms with E-state index in [1.165, 1.54) is 6.07 Å². The van der Waals surface area contributed by atoms with Gasteiger partial charge in [0.1, 0.15) is 11.6 Å². The smallest absolute Gasteiger partial charge is 0.259 e. The fourth-order valence-corrected chi connectivity index (χ4v) is 3.10. The molecule has 29 heavy (non-hydrogen) atoms. The number of carbonyl (C=O) groups excluding carboxylic acids is 1. The summed E-state index contributed by atoms with van der Waals surface area (Å²) in [4.78, 5) is 17.3. The third-order valence-electron chi connectivity index (χ3n) is 4.62. The molecule has 146 valence electrons. The number of nitrogens with one attached hydrogen (secondary N) is 1. The molecule has 0 atom stereocenters. The van der Waals surface area contributed by atoms with Gasteiger partial charge in [0, 0.05) is 12.1 Å². The Morgan fingerprint density at radius 1 is 1.17 bits per heavy atom. The highest BCUT2D eigenvalue weighted by atomic mass is 19.1. The molecule has 1 amide bonds. The molecule has 0 aliphatic carbocycles. The summed E-state index contributed by atoms with van der Waals surface area (Å²) in [7, 11) is 1.60. The number of fused-ring (bicyclic) bond motifs is 1. The second kappa shape index (κ2) is 7.71. The second-order valence-corrected chi connectivity index (χ2v) is 6.51. The molecule has 4 rings (SSSR count). The second-order valence-electron chi connectivity index (χ2n) is 6.51. The first-order valence-corrected chi connectivity index (χ1v) is 9.00. The molecular formula is C22H18FN3O3. The van der Waals surface area contributed by atoms with Crippen LogP contribution in [0.2, 0.25) is 0 Å². The average molecular weight is 391 g/mol. The predicted molar refractivity (Wildman–Crippen MR) is 106 cm³/mol. The predicted octanol–water partition coefficient (Wildman–Crippen LogP) is 4.28. The number of nitrogens with zero attached hydrogens (tertiary/aromatic N) is 2. The van der Waals surface area contributed by atoms with E-state index in [0.717, 1.165) is 11.3 Å². The number of ether oxygens (including phenoxy) is 1. The molecule has 0 spiro atoms. The summed E-state index contributed by atoms with van der Waals surface area (Å²) in [5.41, 5.74) is 2.58. The highest BCUT2D eigenvalue weighted by Gasteiger charge is 2.20. The topological polar surface area (TPSA) is 77.2 Å². The van der Waals surface area contributed by atoms with Crippen LogP contribution in [0.25, 0.3) is 22.4 Å². The summed E-state index contributed by atoms with van der Waals surface area (Å²) in [6.45, 7) is 2.06. The zero-order valence-corrected chi connectivity index (χ0v) is 15.9. The number of halogens is 1. The summed E-state index contributed by atoms with van der Waals surface area (Å²) in [5, 5.41) is 7.30. The van der Waals surface area contributed by atoms with Crippen LogP contribution < -0.4 is 10.1 Å². The van der Waals surface area contributed by atoms with Gasteiger partial charge in [0.2, 0.25) is 0 Å². The minimum absolute atomic E-state index is 0.192. The van der Waals surface area contributed by atoms with Crippen molar-refractivity contribution in [1.29, 1.82) is 0 Å². The summed E-state index contributed by atoms with van der Waals surface area (Å²) in [6, 6.07) is 15.2. The lowest BCUT2D eigenvalue weighted by Gasteiger charge is -2.09. The Morgan fingerprint density at radius 3 is 2.66 bits per heavy atom. The van der Waals surface area contributed by atoms with Crippen molar-refractivity contribution in [3.8, 4) is 17.0 Å². The van der Waals surface area contributed by atoms with Gasteiger partial charge in [-0.3, -0.25) is 4.79 Å². The quantitative estimate of drug-likeness (QED) is 0.550. The minimum atomic E-state index is -0.430. The molecule has 2 aromatic heterocycles. The number of hydrogen-bond donors (Lipinski definition) is 1. The number of aromatic nitrogens is 2. The number of hydrogen-bond acceptors (Lipinski definition) is 5. The van der Waals surface area contributed by atoms with E-state index in [2.05, 4.69) is 15.5 Å². The SMILES string of the molecule is COc1ccc(CNC(=O)c2cc(-c3ccccc3F)nc3onc(C)c23)cc1. The van der Waals surface area contributed by atoms with E-state index in [9.17, 15) is 9.18 Å². The molecule has 2 aromatic carbocycles. The molecule has 7 heteroatoms. The molecule has 0 bridgehead atoms. The van der Waals surface area contributed by atoms with Crippen LogP contribution in [0, 0.1) is 12.7 Å². The van der Waals surface area contributed by atoms with E-state index >= 15 is 0 Å². The van der Waals surface area contributed by atoms with Crippen molar-refractivity contribution >= 4 is 17.0 Å². The van der Waals surface area contributed by atoms with Crippen molar-refractivity contribution in [2.75, 3.05) is 7.11 Å². The van der Waals surface area contributed by atoms with Crippen molar-refractivity contribution in [1.82, 2.24) is 15.5 Å². The van der Waals surface area contributed by atoms with Crippen LogP contribution >= 0.6 is 0 Å². The van der Waals surface area contributed by atoms with Gasteiger partial charge in [0.25, 0.3) is 11.6 Å². The maximum absolute atomic E-state index is 14.2. The summed E-state index contributed by atoms with van der Waals surface area (Å²) < 4.78 is 24.6. The third kappa shape index (κ3) is 3.67. The van der Waals surface area contributed by atoms with Crippen molar-refractivity contribution in [2.24, 2.45) is 0 Å². The van der Waals surface area contributed by atoms with Crippen LogP contribution in [0.4, 0.5) is 4.39 Å². The summed E-state index contributed by atoms with van der Waals surface area (Å²) in [6.07, 6.45) is 0. The van der Waals surface area contributed by atoms with Gasteiger partial charge in [-0.2, -0.15) is 0 Å². The molecule has 0 aliphatic heterocycles. The molecule has 0 aliphatic rings. The van der Waals surface area contributed by atoms with Gasteiger partial charge in [-0.05, 0) is 42.8 Å². The van der Waals surface area contributed by atoms with E-state index < -0.39 is 5.82 Å². The van der Waals surface area contributed by atoms with Crippen molar-refractivity contribution in [2.45, 2.75) is 13.5 Å². The van der Waals surface area contributed by atoms with E-state index in [1.807, 2.05) is 24.3 Å². The third-order valence-corrected chi connectivity index (χ3v) is 4.62. The van der Waals surface area contributed by atoms with E-state index in [-0.39, 0.29) is 17.2 Å². The molecular weight excluding hydrogens is 373 g/mol. The monoisotopic (exact) mass is 391 g/mol. The van der Waals surface area contributed by atoms with Gasteiger partial charge in [0.15, 0.2) is 0 Å². The van der Waals surface area contributed by atoms with Gasteiger partial charge in [-0.1, -0.05) is 29.4 Å². The average Bonchev–Trinajstić information content (AvgIpc) is 3.13. The van der Waals surface area contributed by atoms with Gasteiger partial charge >= 0.3 is 0 Å². The molecule has 0 saturated heterocycles. The summed E-state index contributed by atoms with van der Waals surface area (Å²) >= 11 is 0. The Bertz CT molecular complexity index is 1190. The fraction of sp³-hybridized carbons (Fsp3) is 0.136. The van der Waals surface area contributed by atoms with E-state index in [1.54, 1.807) is 38.3 Å². The molecule has 0 radical (unpaired) electrons. The summed E-state index contributed by atoms with van der Waals surface area (Å²) in [5.74, 6) is -0.0113. The van der Waals surface area contributed by atoms with Crippen LogP contribution in [-0.2, 0) is 6.54 Å². The number of amides is 1. The lowest BCUT2D eigenvalue weighted by Crippen LogP contribution is -2.23. The zero-order chi connectivity index (χ0) is 20.4. The first kappa shape index (κ1) is 18.6. The van der Waals surface area contributed by atoms with Crippen molar-refractivity contribution in [3.05, 3.63) is 77.2 Å².